The number of hydrogen-bond acceptors (Lipinski definition) is 3. The highest BCUT2D eigenvalue weighted by Crippen LogP contribution is 2.31. The van der Waals surface area contributed by atoms with Crippen molar-refractivity contribution >= 4 is 28.3 Å². The standard InChI is InChI=1S/C13H14ClN3/c1-2-9-7-17(8-9)12-10-5-3-4-6-11(10)15-13(14)16-12/h3-6,9H,2,7-8H2,1H3. The van der Waals surface area contributed by atoms with Gasteiger partial charge in [0.1, 0.15) is 5.82 Å². The molecule has 3 nitrogen and oxygen atoms in total. The van der Waals surface area contributed by atoms with E-state index >= 15 is 0 Å². The Labute approximate surface area is 105 Å². The normalized spacial score (nSPS) is 16.2. The number of hydrogen-bond donors (Lipinski definition) is 0. The van der Waals surface area contributed by atoms with E-state index in [1.807, 2.05) is 18.2 Å². The van der Waals surface area contributed by atoms with Gasteiger partial charge in [-0.15, -0.1) is 0 Å². The maximum Gasteiger partial charge on any atom is 0.224 e. The molecule has 88 valence electrons. The van der Waals surface area contributed by atoms with E-state index in [0.29, 0.717) is 5.28 Å². The van der Waals surface area contributed by atoms with Gasteiger partial charge in [0, 0.05) is 18.5 Å². The molecule has 0 spiro atoms. The Balaban J connectivity index is 2.04. The summed E-state index contributed by atoms with van der Waals surface area (Å²) in [5, 5.41) is 1.42. The molecule has 2 aromatic rings. The lowest BCUT2D eigenvalue weighted by atomic mass is 9.97. The van der Waals surface area contributed by atoms with Crippen molar-refractivity contribution in [2.75, 3.05) is 18.0 Å². The Bertz CT molecular complexity index is 549. The van der Waals surface area contributed by atoms with E-state index < -0.39 is 0 Å². The van der Waals surface area contributed by atoms with Crippen LogP contribution in [0.15, 0.2) is 24.3 Å². The van der Waals surface area contributed by atoms with Gasteiger partial charge in [-0.3, -0.25) is 0 Å². The van der Waals surface area contributed by atoms with Crippen molar-refractivity contribution in [3.8, 4) is 0 Å². The largest absolute Gasteiger partial charge is 0.355 e. The van der Waals surface area contributed by atoms with Crippen LogP contribution in [0, 0.1) is 5.92 Å². The van der Waals surface area contributed by atoms with E-state index in [4.69, 9.17) is 11.6 Å². The molecule has 0 aliphatic carbocycles. The first-order chi connectivity index (χ1) is 8.28. The number of aromatic nitrogens is 2. The second kappa shape index (κ2) is 4.15. The molecule has 17 heavy (non-hydrogen) atoms. The number of halogens is 1. The summed E-state index contributed by atoms with van der Waals surface area (Å²) in [6.07, 6.45) is 1.23. The summed E-state index contributed by atoms with van der Waals surface area (Å²) < 4.78 is 0. The first-order valence-electron chi connectivity index (χ1n) is 5.95. The Morgan fingerprint density at radius 1 is 1.29 bits per heavy atom. The fraction of sp³-hybridized carbons (Fsp3) is 0.385. The van der Waals surface area contributed by atoms with Crippen LogP contribution in [0.1, 0.15) is 13.3 Å². The third-order valence-corrected chi connectivity index (χ3v) is 3.56. The van der Waals surface area contributed by atoms with Gasteiger partial charge >= 0.3 is 0 Å². The molecular formula is C13H14ClN3. The summed E-state index contributed by atoms with van der Waals surface area (Å²) in [4.78, 5) is 10.9. The van der Waals surface area contributed by atoms with Gasteiger partial charge in [-0.05, 0) is 36.1 Å². The predicted molar refractivity (Wildman–Crippen MR) is 70.5 cm³/mol. The highest BCUT2D eigenvalue weighted by Gasteiger charge is 2.27. The Hall–Kier alpha value is -1.35. The molecule has 4 heteroatoms. The summed E-state index contributed by atoms with van der Waals surface area (Å²) in [6, 6.07) is 8.02. The van der Waals surface area contributed by atoms with Crippen LogP contribution in [0.5, 0.6) is 0 Å². The van der Waals surface area contributed by atoms with Crippen LogP contribution in [0.25, 0.3) is 10.9 Å². The highest BCUT2D eigenvalue weighted by molar-refractivity contribution is 6.28. The fourth-order valence-corrected chi connectivity index (χ4v) is 2.45. The number of benzene rings is 1. The van der Waals surface area contributed by atoms with Crippen LogP contribution in [0.4, 0.5) is 5.82 Å². The zero-order chi connectivity index (χ0) is 11.8. The van der Waals surface area contributed by atoms with Gasteiger partial charge in [0.05, 0.1) is 5.52 Å². The van der Waals surface area contributed by atoms with E-state index in [2.05, 4.69) is 27.9 Å². The molecule has 0 saturated carbocycles. The molecule has 1 aliphatic heterocycles. The molecule has 1 aromatic carbocycles. The summed E-state index contributed by atoms with van der Waals surface area (Å²) in [5.41, 5.74) is 0.919. The summed E-state index contributed by atoms with van der Waals surface area (Å²) in [7, 11) is 0. The third kappa shape index (κ3) is 1.84. The molecule has 0 amide bonds. The lowest BCUT2D eigenvalue weighted by Crippen LogP contribution is -2.46. The van der Waals surface area contributed by atoms with Crippen molar-refractivity contribution in [2.45, 2.75) is 13.3 Å². The summed E-state index contributed by atoms with van der Waals surface area (Å²) in [6.45, 7) is 4.38. The van der Waals surface area contributed by atoms with Gasteiger partial charge in [-0.2, -0.15) is 4.98 Å². The van der Waals surface area contributed by atoms with E-state index in [-0.39, 0.29) is 0 Å². The predicted octanol–water partition coefficient (Wildman–Crippen LogP) is 3.13. The molecule has 3 rings (SSSR count). The number of rotatable bonds is 2. The maximum absolute atomic E-state index is 5.97. The average Bonchev–Trinajstić information content (AvgIpc) is 2.27. The average molecular weight is 248 g/mol. The second-order valence-electron chi connectivity index (χ2n) is 4.51. The van der Waals surface area contributed by atoms with Crippen molar-refractivity contribution in [3.05, 3.63) is 29.5 Å². The van der Waals surface area contributed by atoms with Gasteiger partial charge in [-0.1, -0.05) is 19.1 Å². The molecule has 0 bridgehead atoms. The van der Waals surface area contributed by atoms with Crippen molar-refractivity contribution < 1.29 is 0 Å². The van der Waals surface area contributed by atoms with Crippen molar-refractivity contribution in [1.29, 1.82) is 0 Å². The van der Waals surface area contributed by atoms with Crippen LogP contribution >= 0.6 is 11.6 Å². The quantitative estimate of drug-likeness (QED) is 0.764. The molecule has 1 saturated heterocycles. The van der Waals surface area contributed by atoms with E-state index in [0.717, 1.165) is 35.7 Å². The SMILES string of the molecule is CCC1CN(c2nc(Cl)nc3ccccc23)C1. The molecular weight excluding hydrogens is 234 g/mol. The number of anilines is 1. The minimum absolute atomic E-state index is 0.332. The minimum Gasteiger partial charge on any atom is -0.355 e. The van der Waals surface area contributed by atoms with Gasteiger partial charge in [0.15, 0.2) is 0 Å². The molecule has 1 aromatic heterocycles. The van der Waals surface area contributed by atoms with E-state index in [1.165, 1.54) is 6.42 Å². The minimum atomic E-state index is 0.332. The van der Waals surface area contributed by atoms with Gasteiger partial charge in [-0.25, -0.2) is 4.98 Å². The van der Waals surface area contributed by atoms with Crippen LogP contribution in [0.2, 0.25) is 5.28 Å². The zero-order valence-electron chi connectivity index (χ0n) is 9.73. The zero-order valence-corrected chi connectivity index (χ0v) is 10.5. The summed E-state index contributed by atoms with van der Waals surface area (Å²) in [5.74, 6) is 1.77. The van der Waals surface area contributed by atoms with E-state index in [9.17, 15) is 0 Å². The number of fused-ring (bicyclic) bond motifs is 1. The van der Waals surface area contributed by atoms with Crippen LogP contribution in [-0.4, -0.2) is 23.1 Å². The lowest BCUT2D eigenvalue weighted by Gasteiger charge is -2.40. The molecule has 0 unspecified atom stereocenters. The second-order valence-corrected chi connectivity index (χ2v) is 4.85. The Kier molecular flexibility index (Phi) is 2.63. The van der Waals surface area contributed by atoms with Crippen molar-refractivity contribution in [2.24, 2.45) is 5.92 Å². The van der Waals surface area contributed by atoms with E-state index in [1.54, 1.807) is 0 Å². The highest BCUT2D eigenvalue weighted by atomic mass is 35.5. The first kappa shape index (κ1) is 10.8. The number of para-hydroxylation sites is 1. The van der Waals surface area contributed by atoms with Crippen LogP contribution in [-0.2, 0) is 0 Å². The van der Waals surface area contributed by atoms with Gasteiger partial charge < -0.3 is 4.90 Å². The van der Waals surface area contributed by atoms with Gasteiger partial charge in [0.2, 0.25) is 5.28 Å². The molecule has 1 aliphatic rings. The first-order valence-corrected chi connectivity index (χ1v) is 6.33. The monoisotopic (exact) mass is 247 g/mol. The number of nitrogens with zero attached hydrogens (tertiary/aromatic N) is 3. The molecule has 0 radical (unpaired) electrons. The smallest absolute Gasteiger partial charge is 0.224 e. The third-order valence-electron chi connectivity index (χ3n) is 3.39. The van der Waals surface area contributed by atoms with Crippen molar-refractivity contribution in [1.82, 2.24) is 9.97 Å². The summed E-state index contributed by atoms with van der Waals surface area (Å²) >= 11 is 5.97. The maximum atomic E-state index is 5.97. The van der Waals surface area contributed by atoms with Crippen LogP contribution < -0.4 is 4.90 Å². The van der Waals surface area contributed by atoms with Gasteiger partial charge in [0.25, 0.3) is 0 Å². The van der Waals surface area contributed by atoms with Crippen LogP contribution in [0.3, 0.4) is 0 Å². The topological polar surface area (TPSA) is 29.0 Å². The Morgan fingerprint density at radius 2 is 2.06 bits per heavy atom. The fourth-order valence-electron chi connectivity index (χ4n) is 2.27. The van der Waals surface area contributed by atoms with Crippen molar-refractivity contribution in [3.63, 3.8) is 0 Å². The molecule has 0 N–H and O–H groups in total. The molecule has 2 heterocycles. The molecule has 0 atom stereocenters. The Morgan fingerprint density at radius 3 is 2.82 bits per heavy atom. The lowest BCUT2D eigenvalue weighted by molar-refractivity contribution is 0.397. The molecule has 1 fully saturated rings.